The Morgan fingerprint density at radius 2 is 2.05 bits per heavy atom. The van der Waals surface area contributed by atoms with Crippen molar-refractivity contribution < 1.29 is 9.47 Å². The normalized spacial score (nSPS) is 16.8. The van der Waals surface area contributed by atoms with E-state index in [0.29, 0.717) is 12.6 Å². The second-order valence-electron chi connectivity index (χ2n) is 5.57. The lowest BCUT2D eigenvalue weighted by Gasteiger charge is -2.26. The summed E-state index contributed by atoms with van der Waals surface area (Å²) in [6.07, 6.45) is 4.88. The Balaban J connectivity index is 1.81. The van der Waals surface area contributed by atoms with E-state index >= 15 is 0 Å². The van der Waals surface area contributed by atoms with Gasteiger partial charge in [-0.05, 0) is 44.2 Å². The molecule has 1 aromatic carbocycles. The molecule has 1 unspecified atom stereocenters. The Kier molecular flexibility index (Phi) is 5.46. The fraction of sp³-hybridized carbons (Fsp3) is 0.588. The highest BCUT2D eigenvalue weighted by Crippen LogP contribution is 2.28. The molecular weight excluding hydrogens is 264 g/mol. The Morgan fingerprint density at radius 1 is 1.33 bits per heavy atom. The van der Waals surface area contributed by atoms with E-state index in [-0.39, 0.29) is 0 Å². The second kappa shape index (κ2) is 7.33. The Labute approximate surface area is 127 Å². The lowest BCUT2D eigenvalue weighted by molar-refractivity contribution is 0.263. The molecule has 0 spiro atoms. The van der Waals surface area contributed by atoms with Crippen LogP contribution in [0.15, 0.2) is 24.3 Å². The van der Waals surface area contributed by atoms with Crippen LogP contribution < -0.4 is 14.8 Å². The van der Waals surface area contributed by atoms with Crippen LogP contribution in [0.1, 0.15) is 39.0 Å². The van der Waals surface area contributed by atoms with Crippen molar-refractivity contribution in [1.29, 1.82) is 5.26 Å². The van der Waals surface area contributed by atoms with Crippen molar-refractivity contribution in [2.24, 2.45) is 0 Å². The van der Waals surface area contributed by atoms with Crippen molar-refractivity contribution in [3.05, 3.63) is 24.3 Å². The number of rotatable bonds is 9. The number of nitriles is 1. The van der Waals surface area contributed by atoms with Gasteiger partial charge >= 0.3 is 0 Å². The van der Waals surface area contributed by atoms with Crippen molar-refractivity contribution in [1.82, 2.24) is 5.32 Å². The van der Waals surface area contributed by atoms with Gasteiger partial charge in [0, 0.05) is 6.04 Å². The number of ether oxygens (including phenoxy) is 2. The third kappa shape index (κ3) is 4.37. The average Bonchev–Trinajstić information content (AvgIpc) is 3.34. The van der Waals surface area contributed by atoms with E-state index in [1.165, 1.54) is 12.8 Å². The zero-order valence-electron chi connectivity index (χ0n) is 12.9. The summed E-state index contributed by atoms with van der Waals surface area (Å²) in [4.78, 5) is 0. The van der Waals surface area contributed by atoms with Crippen molar-refractivity contribution in [2.75, 3.05) is 13.7 Å². The highest BCUT2D eigenvalue weighted by Gasteiger charge is 2.34. The number of para-hydroxylation sites is 2. The van der Waals surface area contributed by atoms with E-state index in [9.17, 15) is 5.26 Å². The first-order valence-corrected chi connectivity index (χ1v) is 7.68. The van der Waals surface area contributed by atoms with Gasteiger partial charge in [0.15, 0.2) is 11.5 Å². The van der Waals surface area contributed by atoms with E-state index in [1.54, 1.807) is 7.11 Å². The van der Waals surface area contributed by atoms with Gasteiger partial charge in [0.25, 0.3) is 0 Å². The summed E-state index contributed by atoms with van der Waals surface area (Å²) in [5, 5.41) is 13.0. The first-order valence-electron chi connectivity index (χ1n) is 7.68. The predicted molar refractivity (Wildman–Crippen MR) is 82.5 cm³/mol. The molecule has 4 heteroatoms. The molecule has 21 heavy (non-hydrogen) atoms. The number of methoxy groups -OCH3 is 1. The molecule has 0 amide bonds. The maximum Gasteiger partial charge on any atom is 0.161 e. The summed E-state index contributed by atoms with van der Waals surface area (Å²) in [7, 11) is 1.64. The first-order chi connectivity index (χ1) is 10.2. The molecule has 114 valence electrons. The fourth-order valence-electron chi connectivity index (χ4n) is 2.43. The molecule has 1 N–H and O–H groups in total. The van der Waals surface area contributed by atoms with Crippen molar-refractivity contribution in [2.45, 2.75) is 50.6 Å². The van der Waals surface area contributed by atoms with Crippen molar-refractivity contribution >= 4 is 0 Å². The van der Waals surface area contributed by atoms with E-state index in [4.69, 9.17) is 9.47 Å². The van der Waals surface area contributed by atoms with Crippen LogP contribution in [0.2, 0.25) is 0 Å². The number of hydrogen-bond donors (Lipinski definition) is 1. The predicted octanol–water partition coefficient (Wildman–Crippen LogP) is 3.28. The molecule has 4 nitrogen and oxygen atoms in total. The summed E-state index contributed by atoms with van der Waals surface area (Å²) in [5.74, 6) is 1.50. The van der Waals surface area contributed by atoms with Gasteiger partial charge in [-0.15, -0.1) is 0 Å². The number of nitrogens with one attached hydrogen (secondary N) is 1. The van der Waals surface area contributed by atoms with Gasteiger partial charge < -0.3 is 9.47 Å². The van der Waals surface area contributed by atoms with E-state index in [2.05, 4.69) is 18.3 Å². The monoisotopic (exact) mass is 288 g/mol. The summed E-state index contributed by atoms with van der Waals surface area (Å²) < 4.78 is 11.0. The topological polar surface area (TPSA) is 54.3 Å². The van der Waals surface area contributed by atoms with Crippen LogP contribution in [0.25, 0.3) is 0 Å². The molecule has 1 aliphatic carbocycles. The minimum atomic E-state index is -0.398. The molecule has 0 heterocycles. The van der Waals surface area contributed by atoms with Crippen LogP contribution in [0, 0.1) is 11.3 Å². The third-order valence-electron chi connectivity index (χ3n) is 3.95. The summed E-state index contributed by atoms with van der Waals surface area (Å²) in [5.41, 5.74) is -0.398. The lowest BCUT2D eigenvalue weighted by atomic mass is 9.92. The van der Waals surface area contributed by atoms with Crippen molar-refractivity contribution in [3.8, 4) is 17.6 Å². The second-order valence-corrected chi connectivity index (χ2v) is 5.57. The molecule has 1 aliphatic rings. The Bertz CT molecular complexity index is 494. The van der Waals surface area contributed by atoms with Gasteiger partial charge in [-0.3, -0.25) is 5.32 Å². The van der Waals surface area contributed by atoms with E-state index < -0.39 is 5.54 Å². The Hall–Kier alpha value is -1.73. The maximum absolute atomic E-state index is 9.48. The average molecular weight is 288 g/mol. The summed E-state index contributed by atoms with van der Waals surface area (Å²) >= 11 is 0. The highest BCUT2D eigenvalue weighted by molar-refractivity contribution is 5.39. The van der Waals surface area contributed by atoms with Gasteiger partial charge in [-0.2, -0.15) is 5.26 Å². The molecule has 0 radical (unpaired) electrons. The van der Waals surface area contributed by atoms with Crippen molar-refractivity contribution in [3.63, 3.8) is 0 Å². The Morgan fingerprint density at radius 3 is 2.62 bits per heavy atom. The van der Waals surface area contributed by atoms with Crippen LogP contribution in [-0.4, -0.2) is 25.3 Å². The minimum Gasteiger partial charge on any atom is -0.493 e. The van der Waals surface area contributed by atoms with Crippen LogP contribution >= 0.6 is 0 Å². The molecular formula is C17H24N2O2. The number of benzene rings is 1. The molecule has 1 saturated carbocycles. The molecule has 1 atom stereocenters. The van der Waals surface area contributed by atoms with Gasteiger partial charge in [-0.25, -0.2) is 0 Å². The minimum absolute atomic E-state index is 0.398. The standard InChI is InChI=1S/C17H24N2O2/c1-3-17(13-18,19-14-9-10-14)11-6-12-21-16-8-5-4-7-15(16)20-2/h4-5,7-8,14,19H,3,6,9-12H2,1-2H3. The van der Waals surface area contributed by atoms with Crippen LogP contribution in [0.4, 0.5) is 0 Å². The van der Waals surface area contributed by atoms with Gasteiger partial charge in [0.2, 0.25) is 0 Å². The first kappa shape index (κ1) is 15.7. The molecule has 0 aromatic heterocycles. The summed E-state index contributed by atoms with van der Waals surface area (Å²) in [6.45, 7) is 2.66. The molecule has 0 bridgehead atoms. The van der Waals surface area contributed by atoms with E-state index in [0.717, 1.165) is 30.8 Å². The molecule has 0 aliphatic heterocycles. The molecule has 1 aromatic rings. The van der Waals surface area contributed by atoms with E-state index in [1.807, 2.05) is 24.3 Å². The third-order valence-corrected chi connectivity index (χ3v) is 3.95. The zero-order chi connectivity index (χ0) is 15.1. The molecule has 0 saturated heterocycles. The SMILES string of the molecule is CCC(C#N)(CCCOc1ccccc1OC)NC1CC1. The smallest absolute Gasteiger partial charge is 0.161 e. The summed E-state index contributed by atoms with van der Waals surface area (Å²) in [6, 6.07) is 10.6. The lowest BCUT2D eigenvalue weighted by Crippen LogP contribution is -2.44. The van der Waals surface area contributed by atoms with Gasteiger partial charge in [0.1, 0.15) is 5.54 Å². The molecule has 1 fully saturated rings. The highest BCUT2D eigenvalue weighted by atomic mass is 16.5. The molecule has 2 rings (SSSR count). The largest absolute Gasteiger partial charge is 0.493 e. The van der Waals surface area contributed by atoms with Crippen LogP contribution in [0.5, 0.6) is 11.5 Å². The van der Waals surface area contributed by atoms with Crippen LogP contribution in [-0.2, 0) is 0 Å². The van der Waals surface area contributed by atoms with Gasteiger partial charge in [0.05, 0.1) is 19.8 Å². The quantitative estimate of drug-likeness (QED) is 0.709. The van der Waals surface area contributed by atoms with Gasteiger partial charge in [-0.1, -0.05) is 19.1 Å². The van der Waals surface area contributed by atoms with Crippen LogP contribution in [0.3, 0.4) is 0 Å². The zero-order valence-corrected chi connectivity index (χ0v) is 12.9. The fourth-order valence-corrected chi connectivity index (χ4v) is 2.43. The maximum atomic E-state index is 9.48. The number of hydrogen-bond acceptors (Lipinski definition) is 4. The number of nitrogens with zero attached hydrogens (tertiary/aromatic N) is 1.